The van der Waals surface area contributed by atoms with Gasteiger partial charge in [-0.1, -0.05) is 23.7 Å². The van der Waals surface area contributed by atoms with Crippen molar-refractivity contribution in [1.29, 1.82) is 0 Å². The van der Waals surface area contributed by atoms with E-state index in [0.717, 1.165) is 5.56 Å². The number of hydrogen-bond donors (Lipinski definition) is 1. The maximum absolute atomic E-state index is 10.9. The third kappa shape index (κ3) is 4.96. The summed E-state index contributed by atoms with van der Waals surface area (Å²) in [5, 5.41) is 3.85. The van der Waals surface area contributed by atoms with Crippen molar-refractivity contribution in [3.8, 4) is 0 Å². The maximum Gasteiger partial charge on any atom is 0.148 e. The van der Waals surface area contributed by atoms with Crippen LogP contribution in [-0.2, 0) is 9.84 Å². The van der Waals surface area contributed by atoms with Gasteiger partial charge in [0.2, 0.25) is 0 Å². The molecule has 3 nitrogen and oxygen atoms in total. The van der Waals surface area contributed by atoms with Gasteiger partial charge >= 0.3 is 0 Å². The molecule has 1 rings (SSSR count). The largest absolute Gasteiger partial charge is 0.309 e. The van der Waals surface area contributed by atoms with Crippen molar-refractivity contribution >= 4 is 21.4 Å². The maximum atomic E-state index is 10.9. The quantitative estimate of drug-likeness (QED) is 0.882. The van der Waals surface area contributed by atoms with Crippen LogP contribution in [0.2, 0.25) is 5.02 Å². The van der Waals surface area contributed by atoms with Crippen LogP contribution >= 0.6 is 11.6 Å². The average Bonchev–Trinajstić information content (AvgIpc) is 2.16. The highest BCUT2D eigenvalue weighted by Gasteiger charge is 2.06. The Balaban J connectivity index is 2.47. The third-order valence-electron chi connectivity index (χ3n) is 2.29. The summed E-state index contributed by atoms with van der Waals surface area (Å²) in [4.78, 5) is 0. The molecule has 0 aliphatic carbocycles. The van der Waals surface area contributed by atoms with E-state index in [2.05, 4.69) is 5.32 Å². The Morgan fingerprint density at radius 1 is 1.31 bits per heavy atom. The van der Waals surface area contributed by atoms with E-state index >= 15 is 0 Å². The summed E-state index contributed by atoms with van der Waals surface area (Å²) in [5.41, 5.74) is 1.10. The molecule has 0 saturated heterocycles. The van der Waals surface area contributed by atoms with Crippen LogP contribution in [0.3, 0.4) is 0 Å². The molecule has 0 fully saturated rings. The minimum Gasteiger partial charge on any atom is -0.309 e. The second kappa shape index (κ2) is 5.66. The van der Waals surface area contributed by atoms with Crippen LogP contribution in [0.5, 0.6) is 0 Å². The normalized spacial score (nSPS) is 13.7. The van der Waals surface area contributed by atoms with Gasteiger partial charge in [-0.05, 0) is 24.6 Å². The first kappa shape index (κ1) is 13.5. The van der Waals surface area contributed by atoms with Crippen molar-refractivity contribution in [3.63, 3.8) is 0 Å². The number of rotatable bonds is 5. The van der Waals surface area contributed by atoms with E-state index in [1.54, 1.807) is 0 Å². The molecule has 0 aliphatic heterocycles. The van der Waals surface area contributed by atoms with Crippen molar-refractivity contribution in [2.24, 2.45) is 0 Å². The molecule has 16 heavy (non-hydrogen) atoms. The molecule has 0 heterocycles. The molecule has 0 aromatic heterocycles. The van der Waals surface area contributed by atoms with Gasteiger partial charge in [-0.25, -0.2) is 8.42 Å². The lowest BCUT2D eigenvalue weighted by atomic mass is 10.1. The van der Waals surface area contributed by atoms with Gasteiger partial charge in [-0.3, -0.25) is 0 Å². The molecule has 1 N–H and O–H groups in total. The topological polar surface area (TPSA) is 46.2 Å². The Kier molecular flexibility index (Phi) is 4.77. The molecule has 0 saturated carbocycles. The first-order valence-corrected chi connectivity index (χ1v) is 7.49. The molecule has 0 amide bonds. The van der Waals surface area contributed by atoms with Crippen LogP contribution in [0.25, 0.3) is 0 Å². The summed E-state index contributed by atoms with van der Waals surface area (Å²) >= 11 is 5.78. The highest BCUT2D eigenvalue weighted by atomic mass is 35.5. The smallest absolute Gasteiger partial charge is 0.148 e. The Bertz CT molecular complexity index is 428. The van der Waals surface area contributed by atoms with Gasteiger partial charge in [0.05, 0.1) is 5.75 Å². The Morgan fingerprint density at radius 3 is 2.38 bits per heavy atom. The van der Waals surface area contributed by atoms with Crippen molar-refractivity contribution in [2.75, 3.05) is 18.6 Å². The first-order valence-electron chi connectivity index (χ1n) is 5.05. The van der Waals surface area contributed by atoms with Gasteiger partial charge in [-0.2, -0.15) is 0 Å². The lowest BCUT2D eigenvalue weighted by Gasteiger charge is -2.13. The molecule has 0 spiro atoms. The van der Waals surface area contributed by atoms with Crippen LogP contribution < -0.4 is 5.32 Å². The fourth-order valence-corrected chi connectivity index (χ4v) is 1.94. The monoisotopic (exact) mass is 261 g/mol. The van der Waals surface area contributed by atoms with E-state index in [0.29, 0.717) is 11.6 Å². The second-order valence-corrected chi connectivity index (χ2v) is 6.55. The van der Waals surface area contributed by atoms with E-state index in [1.807, 2.05) is 31.2 Å². The molecule has 0 bridgehead atoms. The molecule has 0 radical (unpaired) electrons. The Hall–Kier alpha value is -0.580. The Labute approximate surface area is 102 Å². The molecule has 1 atom stereocenters. The summed E-state index contributed by atoms with van der Waals surface area (Å²) in [6.07, 6.45) is 1.24. The average molecular weight is 262 g/mol. The molecular weight excluding hydrogens is 246 g/mol. The molecule has 1 unspecified atom stereocenters. The van der Waals surface area contributed by atoms with Crippen LogP contribution in [-0.4, -0.2) is 27.0 Å². The number of nitrogens with one attached hydrogen (secondary N) is 1. The molecular formula is C11H16ClNO2S. The van der Waals surface area contributed by atoms with Crippen LogP contribution in [0.15, 0.2) is 24.3 Å². The lowest BCUT2D eigenvalue weighted by molar-refractivity contribution is 0.576. The van der Waals surface area contributed by atoms with Crippen molar-refractivity contribution in [1.82, 2.24) is 5.32 Å². The Morgan fingerprint density at radius 2 is 1.88 bits per heavy atom. The first-order chi connectivity index (χ1) is 7.38. The molecule has 0 aliphatic rings. The number of halogens is 1. The third-order valence-corrected chi connectivity index (χ3v) is 3.49. The predicted octanol–water partition coefficient (Wildman–Crippen LogP) is 2.04. The van der Waals surface area contributed by atoms with E-state index in [9.17, 15) is 8.42 Å². The standard InChI is InChI=1S/C11H16ClNO2S/c1-9(13-7-8-16(2,14)15)10-3-5-11(12)6-4-10/h3-6,9,13H,7-8H2,1-2H3. The van der Waals surface area contributed by atoms with Gasteiger partial charge < -0.3 is 5.32 Å². The van der Waals surface area contributed by atoms with Crippen LogP contribution in [0.4, 0.5) is 0 Å². The van der Waals surface area contributed by atoms with Crippen molar-refractivity contribution < 1.29 is 8.42 Å². The zero-order chi connectivity index (χ0) is 12.2. The van der Waals surface area contributed by atoms with Crippen molar-refractivity contribution in [2.45, 2.75) is 13.0 Å². The van der Waals surface area contributed by atoms with Gasteiger partial charge in [0.25, 0.3) is 0 Å². The molecule has 1 aromatic rings. The molecule has 1 aromatic carbocycles. The highest BCUT2D eigenvalue weighted by molar-refractivity contribution is 7.90. The second-order valence-electron chi connectivity index (χ2n) is 3.86. The highest BCUT2D eigenvalue weighted by Crippen LogP contribution is 2.15. The van der Waals surface area contributed by atoms with E-state index < -0.39 is 9.84 Å². The minimum atomic E-state index is -2.89. The number of benzene rings is 1. The summed E-state index contributed by atoms with van der Waals surface area (Å²) in [6.45, 7) is 2.45. The molecule has 90 valence electrons. The minimum absolute atomic E-state index is 0.124. The lowest BCUT2D eigenvalue weighted by Crippen LogP contribution is -2.25. The van der Waals surface area contributed by atoms with Gasteiger partial charge in [0.15, 0.2) is 0 Å². The fourth-order valence-electron chi connectivity index (χ4n) is 1.33. The van der Waals surface area contributed by atoms with Crippen LogP contribution in [0.1, 0.15) is 18.5 Å². The molecule has 5 heteroatoms. The van der Waals surface area contributed by atoms with E-state index in [-0.39, 0.29) is 11.8 Å². The number of sulfone groups is 1. The SMILES string of the molecule is CC(NCCS(C)(=O)=O)c1ccc(Cl)cc1. The van der Waals surface area contributed by atoms with Crippen LogP contribution in [0, 0.1) is 0 Å². The fraction of sp³-hybridized carbons (Fsp3) is 0.455. The van der Waals surface area contributed by atoms with Gasteiger partial charge in [0.1, 0.15) is 9.84 Å². The number of hydrogen-bond acceptors (Lipinski definition) is 3. The summed E-state index contributed by atoms with van der Waals surface area (Å²) in [6, 6.07) is 7.64. The van der Waals surface area contributed by atoms with Gasteiger partial charge in [-0.15, -0.1) is 0 Å². The van der Waals surface area contributed by atoms with E-state index in [4.69, 9.17) is 11.6 Å². The zero-order valence-electron chi connectivity index (χ0n) is 9.40. The van der Waals surface area contributed by atoms with Crippen molar-refractivity contribution in [3.05, 3.63) is 34.9 Å². The predicted molar refractivity (Wildman–Crippen MR) is 67.6 cm³/mol. The van der Waals surface area contributed by atoms with Gasteiger partial charge in [0, 0.05) is 23.9 Å². The summed E-state index contributed by atoms with van der Waals surface area (Å²) in [7, 11) is -2.89. The summed E-state index contributed by atoms with van der Waals surface area (Å²) < 4.78 is 21.9. The zero-order valence-corrected chi connectivity index (χ0v) is 11.0. The van der Waals surface area contributed by atoms with E-state index in [1.165, 1.54) is 6.26 Å². The summed E-state index contributed by atoms with van der Waals surface area (Å²) in [5.74, 6) is 0.158.